The molecule has 0 bridgehead atoms. The summed E-state index contributed by atoms with van der Waals surface area (Å²) >= 11 is 0. The molecule has 8 heteroatoms. The minimum absolute atomic E-state index is 0.178. The number of ether oxygens (including phenoxy) is 1. The third kappa shape index (κ3) is 6.03. The third-order valence-corrected chi connectivity index (χ3v) is 6.61. The molecule has 1 heterocycles. The number of rotatable bonds is 11. The van der Waals surface area contributed by atoms with Crippen LogP contribution in [-0.4, -0.2) is 50.9 Å². The maximum atomic E-state index is 13.4. The average molecular weight is 516 g/mol. The first-order chi connectivity index (χ1) is 18.3. The van der Waals surface area contributed by atoms with E-state index in [0.29, 0.717) is 12.1 Å². The lowest BCUT2D eigenvalue weighted by Crippen LogP contribution is -2.48. The first kappa shape index (κ1) is 26.9. The second-order valence-electron chi connectivity index (χ2n) is 9.43. The molecule has 4 aromatic rings. The van der Waals surface area contributed by atoms with Crippen LogP contribution < -0.4 is 10.1 Å². The lowest BCUT2D eigenvalue weighted by Gasteiger charge is -2.22. The molecule has 0 aliphatic rings. The molecule has 198 valence electrons. The number of nitrogens with one attached hydrogen (secondary N) is 1. The van der Waals surface area contributed by atoms with Crippen LogP contribution in [0.3, 0.4) is 0 Å². The van der Waals surface area contributed by atoms with Gasteiger partial charge in [-0.15, -0.1) is 0 Å². The number of aliphatic hydroxyl groups is 1. The summed E-state index contributed by atoms with van der Waals surface area (Å²) in [7, 11) is 1.63. The highest BCUT2D eigenvalue weighted by molar-refractivity contribution is 5.99. The molecule has 0 saturated carbocycles. The Balaban J connectivity index is 1.68. The first-order valence-electron chi connectivity index (χ1n) is 12.7. The molecule has 3 aromatic carbocycles. The van der Waals surface area contributed by atoms with E-state index in [0.717, 1.165) is 52.1 Å². The SMILES string of the molecule is CCCc1nc2c(C)cc(C(=O)N[C@H](Cc3ccccc3)[C@@H](O)C(=O)O)cc2n1Cc1ccc(OC)cc1. The number of aromatic nitrogens is 2. The van der Waals surface area contributed by atoms with E-state index in [9.17, 15) is 19.8 Å². The minimum atomic E-state index is -1.75. The summed E-state index contributed by atoms with van der Waals surface area (Å²) in [6, 6.07) is 19.6. The van der Waals surface area contributed by atoms with Gasteiger partial charge in [-0.05, 0) is 60.7 Å². The second kappa shape index (κ2) is 11.9. The topological polar surface area (TPSA) is 114 Å². The van der Waals surface area contributed by atoms with E-state index in [-0.39, 0.29) is 6.42 Å². The summed E-state index contributed by atoms with van der Waals surface area (Å²) in [6.07, 6.45) is 0.139. The number of carboxylic acid groups (broad SMARTS) is 1. The molecule has 1 aromatic heterocycles. The number of fused-ring (bicyclic) bond motifs is 1. The van der Waals surface area contributed by atoms with Crippen molar-refractivity contribution in [2.75, 3.05) is 7.11 Å². The highest BCUT2D eigenvalue weighted by atomic mass is 16.5. The van der Waals surface area contributed by atoms with Gasteiger partial charge in [0.15, 0.2) is 6.10 Å². The number of methoxy groups -OCH3 is 1. The van der Waals surface area contributed by atoms with Crippen LogP contribution in [0.1, 0.15) is 46.2 Å². The standard InChI is InChI=1S/C30H33N3O5/c1-4-8-26-32-27-19(2)15-22(17-25(27)33(26)18-21-11-13-23(38-3)14-12-21)29(35)31-24(28(34)30(36)37)16-20-9-6-5-7-10-20/h5-7,9-15,17,24,28,34H,4,8,16,18H2,1-3H3,(H,31,35)(H,36,37)/t24-,28-/m1/s1. The zero-order valence-corrected chi connectivity index (χ0v) is 21.8. The average Bonchev–Trinajstić information content (AvgIpc) is 3.26. The Morgan fingerprint density at radius 1 is 1.05 bits per heavy atom. The Kier molecular flexibility index (Phi) is 8.43. The second-order valence-corrected chi connectivity index (χ2v) is 9.43. The van der Waals surface area contributed by atoms with Crippen molar-refractivity contribution >= 4 is 22.9 Å². The number of hydrogen-bond acceptors (Lipinski definition) is 5. The van der Waals surface area contributed by atoms with Gasteiger partial charge in [0.25, 0.3) is 5.91 Å². The van der Waals surface area contributed by atoms with E-state index in [4.69, 9.17) is 9.72 Å². The van der Waals surface area contributed by atoms with E-state index in [1.807, 2.05) is 61.5 Å². The van der Waals surface area contributed by atoms with Crippen LogP contribution >= 0.6 is 0 Å². The quantitative estimate of drug-likeness (QED) is 0.277. The number of aliphatic hydroxyl groups excluding tert-OH is 1. The van der Waals surface area contributed by atoms with Gasteiger partial charge in [0.05, 0.1) is 24.2 Å². The summed E-state index contributed by atoms with van der Waals surface area (Å²) in [5.74, 6) is -0.131. The maximum Gasteiger partial charge on any atom is 0.334 e. The number of aliphatic carboxylic acids is 1. The third-order valence-electron chi connectivity index (χ3n) is 6.61. The molecule has 0 aliphatic carbocycles. The highest BCUT2D eigenvalue weighted by Gasteiger charge is 2.28. The van der Waals surface area contributed by atoms with Gasteiger partial charge in [-0.1, -0.05) is 49.4 Å². The number of carbonyl (C=O) groups excluding carboxylic acids is 1. The molecule has 0 aliphatic heterocycles. The molecule has 0 spiro atoms. The van der Waals surface area contributed by atoms with Gasteiger partial charge in [0.1, 0.15) is 11.6 Å². The number of imidazole rings is 1. The fraction of sp³-hybridized carbons (Fsp3) is 0.300. The van der Waals surface area contributed by atoms with Crippen LogP contribution in [0, 0.1) is 6.92 Å². The number of carboxylic acids is 1. The van der Waals surface area contributed by atoms with E-state index >= 15 is 0 Å². The van der Waals surface area contributed by atoms with E-state index < -0.39 is 24.0 Å². The summed E-state index contributed by atoms with van der Waals surface area (Å²) in [4.78, 5) is 29.9. The monoisotopic (exact) mass is 515 g/mol. The highest BCUT2D eigenvalue weighted by Crippen LogP contribution is 2.25. The van der Waals surface area contributed by atoms with Crippen molar-refractivity contribution in [2.45, 2.75) is 51.8 Å². The largest absolute Gasteiger partial charge is 0.497 e. The number of benzene rings is 3. The molecule has 0 fully saturated rings. The number of hydrogen-bond donors (Lipinski definition) is 3. The fourth-order valence-corrected chi connectivity index (χ4v) is 4.61. The zero-order valence-electron chi connectivity index (χ0n) is 21.8. The van der Waals surface area contributed by atoms with Crippen LogP contribution in [-0.2, 0) is 24.2 Å². The van der Waals surface area contributed by atoms with E-state index in [1.54, 1.807) is 19.2 Å². The molecule has 3 N–H and O–H groups in total. The van der Waals surface area contributed by atoms with Crippen molar-refractivity contribution in [3.8, 4) is 5.75 Å². The Labute approximate surface area is 221 Å². The number of aryl methyl sites for hydroxylation is 2. The molecule has 38 heavy (non-hydrogen) atoms. The molecule has 8 nitrogen and oxygen atoms in total. The van der Waals surface area contributed by atoms with Crippen LogP contribution in [0.4, 0.5) is 0 Å². The predicted molar refractivity (Wildman–Crippen MR) is 146 cm³/mol. The smallest absolute Gasteiger partial charge is 0.334 e. The molecule has 0 radical (unpaired) electrons. The molecular weight excluding hydrogens is 482 g/mol. The van der Waals surface area contributed by atoms with Gasteiger partial charge in [0, 0.05) is 18.5 Å². The molecular formula is C30H33N3O5. The Hall–Kier alpha value is -4.17. The van der Waals surface area contributed by atoms with Gasteiger partial charge in [-0.3, -0.25) is 4.79 Å². The van der Waals surface area contributed by atoms with Gasteiger partial charge >= 0.3 is 5.97 Å². The van der Waals surface area contributed by atoms with Crippen LogP contribution in [0.25, 0.3) is 11.0 Å². The van der Waals surface area contributed by atoms with Gasteiger partial charge in [-0.2, -0.15) is 0 Å². The molecule has 2 atom stereocenters. The summed E-state index contributed by atoms with van der Waals surface area (Å²) < 4.78 is 7.40. The van der Waals surface area contributed by atoms with E-state index in [1.165, 1.54) is 0 Å². The number of nitrogens with zero attached hydrogens (tertiary/aromatic N) is 2. The van der Waals surface area contributed by atoms with Crippen molar-refractivity contribution in [3.05, 3.63) is 94.8 Å². The van der Waals surface area contributed by atoms with Crippen molar-refractivity contribution in [1.29, 1.82) is 0 Å². The zero-order chi connectivity index (χ0) is 27.2. The van der Waals surface area contributed by atoms with Crippen LogP contribution in [0.5, 0.6) is 5.75 Å². The van der Waals surface area contributed by atoms with Gasteiger partial charge in [-0.25, -0.2) is 9.78 Å². The maximum absolute atomic E-state index is 13.4. The van der Waals surface area contributed by atoms with E-state index in [2.05, 4.69) is 16.8 Å². The molecule has 4 rings (SSSR count). The van der Waals surface area contributed by atoms with Gasteiger partial charge < -0.3 is 24.8 Å². The lowest BCUT2D eigenvalue weighted by atomic mass is 10.0. The summed E-state index contributed by atoms with van der Waals surface area (Å²) in [5.41, 5.74) is 4.76. The molecule has 0 saturated heterocycles. The lowest BCUT2D eigenvalue weighted by molar-refractivity contribution is -0.148. The Morgan fingerprint density at radius 2 is 1.76 bits per heavy atom. The Morgan fingerprint density at radius 3 is 2.39 bits per heavy atom. The van der Waals surface area contributed by atoms with Gasteiger partial charge in [0.2, 0.25) is 0 Å². The van der Waals surface area contributed by atoms with Crippen molar-refractivity contribution in [3.63, 3.8) is 0 Å². The number of amides is 1. The fourth-order valence-electron chi connectivity index (χ4n) is 4.61. The van der Waals surface area contributed by atoms with Crippen molar-refractivity contribution < 1.29 is 24.5 Å². The van der Waals surface area contributed by atoms with Crippen molar-refractivity contribution in [2.24, 2.45) is 0 Å². The van der Waals surface area contributed by atoms with Crippen LogP contribution in [0.15, 0.2) is 66.7 Å². The molecule has 0 unspecified atom stereocenters. The number of carbonyl (C=O) groups is 2. The first-order valence-corrected chi connectivity index (χ1v) is 12.7. The summed E-state index contributed by atoms with van der Waals surface area (Å²) in [6.45, 7) is 4.59. The minimum Gasteiger partial charge on any atom is -0.497 e. The van der Waals surface area contributed by atoms with Crippen LogP contribution in [0.2, 0.25) is 0 Å². The summed E-state index contributed by atoms with van der Waals surface area (Å²) in [5, 5.41) is 22.5. The Bertz CT molecular complexity index is 1410. The normalized spacial score (nSPS) is 12.7. The molecule has 1 amide bonds. The van der Waals surface area contributed by atoms with Crippen molar-refractivity contribution in [1.82, 2.24) is 14.9 Å². The predicted octanol–water partition coefficient (Wildman–Crippen LogP) is 4.14.